The zero-order chi connectivity index (χ0) is 37.8. The monoisotopic (exact) mass is 725 g/mol. The van der Waals surface area contributed by atoms with Crippen molar-refractivity contribution in [2.24, 2.45) is 0 Å². The van der Waals surface area contributed by atoms with Crippen molar-refractivity contribution in [1.29, 1.82) is 0 Å². The van der Waals surface area contributed by atoms with Crippen LogP contribution in [-0.2, 0) is 11.8 Å². The summed E-state index contributed by atoms with van der Waals surface area (Å²) in [4.78, 5) is 2.55. The molecule has 3 aliphatic rings. The van der Waals surface area contributed by atoms with Crippen LogP contribution in [0.25, 0.3) is 66.1 Å². The summed E-state index contributed by atoms with van der Waals surface area (Å²) in [5.41, 5.74) is 21.2. The molecule has 1 heterocycles. The van der Waals surface area contributed by atoms with Crippen molar-refractivity contribution in [1.82, 2.24) is 0 Å². The summed E-state index contributed by atoms with van der Waals surface area (Å²) in [5.74, 6) is 0. The standard InChI is InChI=1S/C55H40BN/c1-55(2)49-25-11-10-21-46(49)53-48(45-23-12-16-36-30-31-56(54(36)45)38-17-4-3-5-18-38)33-40(34-50(53)55)57(39-27-26-35-14-6-7-15-37(35)32-39)51-29-28-44-42-20-9-8-19-41(42)43-22-13-24-47(51)52(43)44/h3-29,32-34H,30-31H2,1-2H3. The predicted octanol–water partition coefficient (Wildman–Crippen LogP) is 13.2. The second-order valence-corrected chi connectivity index (χ2v) is 16.7. The van der Waals surface area contributed by atoms with E-state index < -0.39 is 0 Å². The second kappa shape index (κ2) is 12.2. The molecule has 1 nitrogen and oxygen atoms in total. The Hall–Kier alpha value is -6.64. The first kappa shape index (κ1) is 32.6. The van der Waals surface area contributed by atoms with Gasteiger partial charge in [-0.3, -0.25) is 0 Å². The van der Waals surface area contributed by atoms with Gasteiger partial charge >= 0.3 is 0 Å². The highest BCUT2D eigenvalue weighted by molar-refractivity contribution is 6.87. The molecule has 0 N–H and O–H groups in total. The van der Waals surface area contributed by atoms with E-state index >= 15 is 0 Å². The highest BCUT2D eigenvalue weighted by Gasteiger charge is 2.40. The largest absolute Gasteiger partial charge is 0.310 e. The van der Waals surface area contributed by atoms with Gasteiger partial charge in [0.1, 0.15) is 0 Å². The molecule has 268 valence electrons. The molecule has 1 aliphatic heterocycles. The summed E-state index contributed by atoms with van der Waals surface area (Å²) in [6, 6.07) is 68.7. The van der Waals surface area contributed by atoms with Gasteiger partial charge in [-0.05, 0) is 109 Å². The molecule has 0 radical (unpaired) electrons. The van der Waals surface area contributed by atoms with Crippen LogP contribution < -0.4 is 15.8 Å². The Bertz CT molecular complexity index is 3090. The molecule has 0 saturated heterocycles. The third kappa shape index (κ3) is 4.71. The molecule has 0 saturated carbocycles. The molecule has 57 heavy (non-hydrogen) atoms. The van der Waals surface area contributed by atoms with E-state index in [9.17, 15) is 0 Å². The van der Waals surface area contributed by atoms with Crippen LogP contribution in [0, 0.1) is 0 Å². The number of fused-ring (bicyclic) bond motifs is 8. The molecule has 0 fully saturated rings. The Balaban J connectivity index is 1.17. The van der Waals surface area contributed by atoms with Crippen LogP contribution in [0.5, 0.6) is 0 Å². The van der Waals surface area contributed by atoms with Gasteiger partial charge in [0.25, 0.3) is 0 Å². The molecule has 0 bridgehead atoms. The molecule has 0 spiro atoms. The maximum Gasteiger partial charge on any atom is 0.210 e. The Labute approximate surface area is 335 Å². The first-order chi connectivity index (χ1) is 28.0. The number of rotatable bonds is 5. The molecule has 2 heteroatoms. The van der Waals surface area contributed by atoms with Crippen molar-refractivity contribution in [2.75, 3.05) is 4.90 Å². The Morgan fingerprint density at radius 3 is 2.00 bits per heavy atom. The Kier molecular flexibility index (Phi) is 6.97. The average Bonchev–Trinajstić information content (AvgIpc) is 3.91. The number of aryl methyl sites for hydroxylation is 1. The maximum atomic E-state index is 2.55. The third-order valence-electron chi connectivity index (χ3n) is 13.4. The predicted molar refractivity (Wildman–Crippen MR) is 244 cm³/mol. The molecule has 0 unspecified atom stereocenters. The van der Waals surface area contributed by atoms with Gasteiger partial charge < -0.3 is 4.90 Å². The fourth-order valence-corrected chi connectivity index (χ4v) is 10.8. The van der Waals surface area contributed by atoms with Crippen molar-refractivity contribution >= 4 is 56.2 Å². The van der Waals surface area contributed by atoms with Crippen molar-refractivity contribution in [3.8, 4) is 44.5 Å². The number of hydrogen-bond acceptors (Lipinski definition) is 1. The molecule has 9 aromatic carbocycles. The van der Waals surface area contributed by atoms with E-state index in [4.69, 9.17) is 0 Å². The minimum atomic E-state index is -0.188. The molecule has 0 amide bonds. The van der Waals surface area contributed by atoms with Crippen LogP contribution in [0.4, 0.5) is 17.1 Å². The number of anilines is 3. The first-order valence-corrected chi connectivity index (χ1v) is 20.4. The van der Waals surface area contributed by atoms with Crippen LogP contribution in [0.1, 0.15) is 30.5 Å². The van der Waals surface area contributed by atoms with Gasteiger partial charge in [0.2, 0.25) is 6.71 Å². The zero-order valence-corrected chi connectivity index (χ0v) is 32.3. The van der Waals surface area contributed by atoms with Crippen LogP contribution >= 0.6 is 0 Å². The summed E-state index contributed by atoms with van der Waals surface area (Å²) < 4.78 is 0. The quantitative estimate of drug-likeness (QED) is 0.160. The van der Waals surface area contributed by atoms with E-state index in [1.807, 2.05) is 0 Å². The van der Waals surface area contributed by atoms with E-state index in [2.05, 4.69) is 201 Å². The number of benzene rings is 9. The summed E-state index contributed by atoms with van der Waals surface area (Å²) in [5, 5.41) is 5.08. The Morgan fingerprint density at radius 2 is 1.16 bits per heavy atom. The molecular weight excluding hydrogens is 685 g/mol. The van der Waals surface area contributed by atoms with Crippen molar-refractivity contribution in [3.05, 3.63) is 199 Å². The second-order valence-electron chi connectivity index (χ2n) is 16.7. The van der Waals surface area contributed by atoms with Gasteiger partial charge in [-0.1, -0.05) is 188 Å². The van der Waals surface area contributed by atoms with E-state index in [0.717, 1.165) is 18.4 Å². The minimum absolute atomic E-state index is 0.188. The van der Waals surface area contributed by atoms with Gasteiger partial charge in [0, 0.05) is 22.2 Å². The smallest absolute Gasteiger partial charge is 0.210 e. The molecule has 12 rings (SSSR count). The van der Waals surface area contributed by atoms with Crippen molar-refractivity contribution in [3.63, 3.8) is 0 Å². The van der Waals surface area contributed by atoms with Gasteiger partial charge in [0.15, 0.2) is 0 Å². The SMILES string of the molecule is CC1(C)c2ccccc2-c2c(-c3cccc4c3B(c3ccccc3)CC4)cc(N(c3ccc4ccccc4c3)c3ccc4c5c(cccc35)-c3ccccc3-4)cc21. The molecule has 0 aromatic heterocycles. The number of nitrogens with zero attached hydrogens (tertiary/aromatic N) is 1. The van der Waals surface area contributed by atoms with Crippen molar-refractivity contribution in [2.45, 2.75) is 32.0 Å². The normalized spacial score (nSPS) is 14.1. The zero-order valence-electron chi connectivity index (χ0n) is 32.3. The van der Waals surface area contributed by atoms with Crippen LogP contribution in [0.3, 0.4) is 0 Å². The fourth-order valence-electron chi connectivity index (χ4n) is 10.8. The van der Waals surface area contributed by atoms with Gasteiger partial charge in [-0.15, -0.1) is 0 Å². The Morgan fingerprint density at radius 1 is 0.474 bits per heavy atom. The van der Waals surface area contributed by atoms with Crippen LogP contribution in [0.15, 0.2) is 182 Å². The summed E-state index contributed by atoms with van der Waals surface area (Å²) in [6.45, 7) is 5.20. The molecule has 0 atom stereocenters. The first-order valence-electron chi connectivity index (χ1n) is 20.4. The highest BCUT2D eigenvalue weighted by atomic mass is 15.1. The van der Waals surface area contributed by atoms with Crippen LogP contribution in [0.2, 0.25) is 6.32 Å². The summed E-state index contributed by atoms with van der Waals surface area (Å²) >= 11 is 0. The summed E-state index contributed by atoms with van der Waals surface area (Å²) in [6.07, 6.45) is 2.23. The lowest BCUT2D eigenvalue weighted by atomic mass is 9.40. The lowest BCUT2D eigenvalue weighted by molar-refractivity contribution is 0.660. The maximum absolute atomic E-state index is 2.55. The van der Waals surface area contributed by atoms with E-state index in [1.54, 1.807) is 0 Å². The van der Waals surface area contributed by atoms with E-state index in [1.165, 1.54) is 105 Å². The van der Waals surface area contributed by atoms with E-state index in [-0.39, 0.29) is 5.41 Å². The van der Waals surface area contributed by atoms with Gasteiger partial charge in [-0.25, -0.2) is 0 Å². The third-order valence-corrected chi connectivity index (χ3v) is 13.4. The minimum Gasteiger partial charge on any atom is -0.310 e. The average molecular weight is 726 g/mol. The van der Waals surface area contributed by atoms with Gasteiger partial charge in [-0.2, -0.15) is 0 Å². The lowest BCUT2D eigenvalue weighted by Crippen LogP contribution is -2.40. The summed E-state index contributed by atoms with van der Waals surface area (Å²) in [7, 11) is 0. The molecule has 2 aliphatic carbocycles. The van der Waals surface area contributed by atoms with Crippen LogP contribution in [-0.4, -0.2) is 6.71 Å². The lowest BCUT2D eigenvalue weighted by Gasteiger charge is -2.31. The topological polar surface area (TPSA) is 3.24 Å². The fraction of sp³-hybridized carbons (Fsp3) is 0.0909. The molecular formula is C55H40BN. The van der Waals surface area contributed by atoms with E-state index in [0.29, 0.717) is 6.71 Å². The van der Waals surface area contributed by atoms with Gasteiger partial charge in [0.05, 0.1) is 5.69 Å². The highest BCUT2D eigenvalue weighted by Crippen LogP contribution is 2.56. The van der Waals surface area contributed by atoms with Crippen molar-refractivity contribution < 1.29 is 0 Å². The number of hydrogen-bond donors (Lipinski definition) is 0. The molecule has 9 aromatic rings.